The summed E-state index contributed by atoms with van der Waals surface area (Å²) in [4.78, 5) is 41.4. The van der Waals surface area contributed by atoms with Crippen LogP contribution in [-0.2, 0) is 40.9 Å². The highest BCUT2D eigenvalue weighted by Gasteiger charge is 2.40. The van der Waals surface area contributed by atoms with E-state index in [-0.39, 0.29) is 11.5 Å². The van der Waals surface area contributed by atoms with Gasteiger partial charge in [-0.3, -0.25) is 9.53 Å². The van der Waals surface area contributed by atoms with Crippen molar-refractivity contribution in [1.29, 1.82) is 0 Å². The van der Waals surface area contributed by atoms with Gasteiger partial charge in [-0.2, -0.15) is 0 Å². The van der Waals surface area contributed by atoms with Gasteiger partial charge in [-0.15, -0.1) is 0 Å². The SMILES string of the molecule is COC(OCOC(=O)c1ccccc1)(OC(=O)c1ccccc1)c1ccc(C(CCc2ccccc2)C(=O)N2CCOCC2)cc1. The molecular formula is C37H37NO8. The van der Waals surface area contributed by atoms with Crippen molar-refractivity contribution >= 4 is 17.8 Å². The van der Waals surface area contributed by atoms with E-state index in [1.807, 2.05) is 35.2 Å². The number of benzene rings is 4. The van der Waals surface area contributed by atoms with Crippen LogP contribution >= 0.6 is 0 Å². The molecule has 0 aliphatic carbocycles. The van der Waals surface area contributed by atoms with Crippen LogP contribution in [0.15, 0.2) is 115 Å². The highest BCUT2D eigenvalue weighted by molar-refractivity contribution is 5.90. The number of rotatable bonds is 13. The molecular weight excluding hydrogens is 586 g/mol. The Morgan fingerprint density at radius 2 is 1.33 bits per heavy atom. The molecule has 1 amide bonds. The number of methoxy groups -OCH3 is 1. The van der Waals surface area contributed by atoms with E-state index in [2.05, 4.69) is 12.1 Å². The van der Waals surface area contributed by atoms with Crippen LogP contribution in [0.2, 0.25) is 0 Å². The summed E-state index contributed by atoms with van der Waals surface area (Å²) in [6, 6.07) is 33.9. The first-order valence-corrected chi connectivity index (χ1v) is 15.2. The molecule has 0 bridgehead atoms. The molecule has 1 aliphatic rings. The van der Waals surface area contributed by atoms with Gasteiger partial charge in [-0.1, -0.05) is 78.9 Å². The Kier molecular flexibility index (Phi) is 11.3. The van der Waals surface area contributed by atoms with Crippen molar-refractivity contribution in [3.05, 3.63) is 143 Å². The predicted molar refractivity (Wildman–Crippen MR) is 170 cm³/mol. The first kappa shape index (κ1) is 32.6. The number of carbonyl (C=O) groups is 3. The van der Waals surface area contributed by atoms with Gasteiger partial charge in [0.1, 0.15) is 0 Å². The molecule has 0 aromatic heterocycles. The molecule has 1 saturated heterocycles. The Labute approximate surface area is 268 Å². The minimum atomic E-state index is -2.06. The summed E-state index contributed by atoms with van der Waals surface area (Å²) in [7, 11) is 1.33. The topological polar surface area (TPSA) is 101 Å². The molecule has 2 unspecified atom stereocenters. The number of nitrogens with zero attached hydrogens (tertiary/aromatic N) is 1. The summed E-state index contributed by atoms with van der Waals surface area (Å²) in [5.41, 5.74) is 2.89. The maximum absolute atomic E-state index is 13.8. The zero-order chi connectivity index (χ0) is 32.2. The fourth-order valence-corrected chi connectivity index (χ4v) is 5.28. The molecule has 0 saturated carbocycles. The van der Waals surface area contributed by atoms with Crippen LogP contribution in [0.5, 0.6) is 0 Å². The first-order chi connectivity index (χ1) is 22.5. The summed E-state index contributed by atoms with van der Waals surface area (Å²) in [5.74, 6) is -3.76. The molecule has 9 heteroatoms. The third-order valence-corrected chi connectivity index (χ3v) is 7.81. The summed E-state index contributed by atoms with van der Waals surface area (Å²) in [6.45, 7) is 1.52. The lowest BCUT2D eigenvalue weighted by atomic mass is 9.90. The fourth-order valence-electron chi connectivity index (χ4n) is 5.28. The Hall–Kier alpha value is -4.83. The molecule has 9 nitrogen and oxygen atoms in total. The van der Waals surface area contributed by atoms with E-state index in [0.717, 1.165) is 17.5 Å². The maximum atomic E-state index is 13.8. The second-order valence-corrected chi connectivity index (χ2v) is 10.7. The number of carbonyl (C=O) groups excluding carboxylic acids is 3. The molecule has 238 valence electrons. The van der Waals surface area contributed by atoms with Gasteiger partial charge in [0.15, 0.2) is 6.79 Å². The van der Waals surface area contributed by atoms with Gasteiger partial charge in [0.05, 0.1) is 35.8 Å². The van der Waals surface area contributed by atoms with E-state index in [9.17, 15) is 14.4 Å². The lowest BCUT2D eigenvalue weighted by Gasteiger charge is -2.32. The van der Waals surface area contributed by atoms with Gasteiger partial charge in [0.2, 0.25) is 5.91 Å². The first-order valence-electron chi connectivity index (χ1n) is 15.2. The molecule has 1 fully saturated rings. The van der Waals surface area contributed by atoms with Crippen LogP contribution < -0.4 is 0 Å². The van der Waals surface area contributed by atoms with Crippen LogP contribution in [0, 0.1) is 0 Å². The normalized spacial score (nSPS) is 14.9. The number of hydrogen-bond donors (Lipinski definition) is 0. The lowest BCUT2D eigenvalue weighted by Crippen LogP contribution is -2.43. The molecule has 5 rings (SSSR count). The van der Waals surface area contributed by atoms with Gasteiger partial charge in [0.25, 0.3) is 0 Å². The van der Waals surface area contributed by atoms with E-state index in [0.29, 0.717) is 43.9 Å². The van der Waals surface area contributed by atoms with E-state index in [4.69, 9.17) is 23.7 Å². The van der Waals surface area contributed by atoms with Crippen molar-refractivity contribution < 1.29 is 38.1 Å². The smallest absolute Gasteiger partial charge is 0.361 e. The van der Waals surface area contributed by atoms with E-state index in [1.54, 1.807) is 72.8 Å². The van der Waals surface area contributed by atoms with Crippen LogP contribution in [0.3, 0.4) is 0 Å². The molecule has 4 aromatic carbocycles. The number of morpholine rings is 1. The van der Waals surface area contributed by atoms with E-state index in [1.165, 1.54) is 7.11 Å². The maximum Gasteiger partial charge on any atom is 0.361 e. The van der Waals surface area contributed by atoms with Gasteiger partial charge in [0, 0.05) is 20.2 Å². The van der Waals surface area contributed by atoms with Crippen molar-refractivity contribution in [1.82, 2.24) is 4.90 Å². The predicted octanol–water partition coefficient (Wildman–Crippen LogP) is 5.71. The van der Waals surface area contributed by atoms with E-state index >= 15 is 0 Å². The largest absolute Gasteiger partial charge is 0.435 e. The lowest BCUT2D eigenvalue weighted by molar-refractivity contribution is -0.374. The molecule has 1 aliphatic heterocycles. The molecule has 0 spiro atoms. The van der Waals surface area contributed by atoms with Crippen molar-refractivity contribution in [3.63, 3.8) is 0 Å². The zero-order valence-corrected chi connectivity index (χ0v) is 25.7. The minimum Gasteiger partial charge on any atom is -0.435 e. The van der Waals surface area contributed by atoms with Crippen LogP contribution in [0.1, 0.15) is 49.7 Å². The van der Waals surface area contributed by atoms with Crippen LogP contribution in [-0.4, -0.2) is 63.0 Å². The van der Waals surface area contributed by atoms with Gasteiger partial charge in [-0.25, -0.2) is 9.59 Å². The van der Waals surface area contributed by atoms with Gasteiger partial charge < -0.3 is 23.8 Å². The molecule has 2 atom stereocenters. The molecule has 0 N–H and O–H groups in total. The average molecular weight is 624 g/mol. The number of aryl methyl sites for hydroxylation is 1. The second kappa shape index (κ2) is 15.9. The van der Waals surface area contributed by atoms with Crippen molar-refractivity contribution in [2.24, 2.45) is 0 Å². The van der Waals surface area contributed by atoms with Gasteiger partial charge >= 0.3 is 17.9 Å². The van der Waals surface area contributed by atoms with Crippen LogP contribution in [0.25, 0.3) is 0 Å². The number of hydrogen-bond acceptors (Lipinski definition) is 8. The third-order valence-electron chi connectivity index (χ3n) is 7.81. The summed E-state index contributed by atoms with van der Waals surface area (Å²) >= 11 is 0. The molecule has 4 aromatic rings. The summed E-state index contributed by atoms with van der Waals surface area (Å²) in [5, 5.41) is 0. The Morgan fingerprint density at radius 1 is 0.761 bits per heavy atom. The number of ether oxygens (including phenoxy) is 5. The van der Waals surface area contributed by atoms with Crippen molar-refractivity contribution in [3.8, 4) is 0 Å². The van der Waals surface area contributed by atoms with Crippen molar-refractivity contribution in [2.45, 2.75) is 24.7 Å². The highest BCUT2D eigenvalue weighted by atomic mass is 16.9. The highest BCUT2D eigenvalue weighted by Crippen LogP contribution is 2.33. The molecule has 46 heavy (non-hydrogen) atoms. The number of esters is 2. The average Bonchev–Trinajstić information content (AvgIpc) is 3.13. The monoisotopic (exact) mass is 623 g/mol. The van der Waals surface area contributed by atoms with Crippen LogP contribution in [0.4, 0.5) is 0 Å². The van der Waals surface area contributed by atoms with Crippen molar-refractivity contribution in [2.75, 3.05) is 40.2 Å². The quantitative estimate of drug-likeness (QED) is 0.138. The van der Waals surface area contributed by atoms with Gasteiger partial charge in [-0.05, 0) is 60.4 Å². The summed E-state index contributed by atoms with van der Waals surface area (Å²) in [6.07, 6.45) is 1.32. The standard InChI is InChI=1S/C37H37NO8/c1-42-37(46-36(41)31-15-9-4-10-16-31,45-27-44-35(40)30-13-7-3-8-14-30)32-20-18-29(19-21-32)33(22-17-28-11-5-2-6-12-28)34(39)38-23-25-43-26-24-38/h2-16,18-21,33H,17,22-27H2,1H3. The zero-order valence-electron chi connectivity index (χ0n) is 25.7. The minimum absolute atomic E-state index is 0.0320. The summed E-state index contributed by atoms with van der Waals surface area (Å²) < 4.78 is 28.2. The second-order valence-electron chi connectivity index (χ2n) is 10.7. The Morgan fingerprint density at radius 3 is 1.91 bits per heavy atom. The molecule has 1 heterocycles. The fraction of sp³-hybridized carbons (Fsp3) is 0.270. The molecule has 0 radical (unpaired) electrons. The van der Waals surface area contributed by atoms with E-state index < -0.39 is 30.6 Å². The number of amides is 1. The Bertz CT molecular complexity index is 1560. The third kappa shape index (κ3) is 8.25. The Balaban J connectivity index is 1.40.